The molecule has 9 nitrogen and oxygen atoms in total. The molecule has 0 spiro atoms. The van der Waals surface area contributed by atoms with Crippen LogP contribution in [0.5, 0.6) is 0 Å². The van der Waals surface area contributed by atoms with Crippen LogP contribution >= 0.6 is 0 Å². The molecule has 0 saturated heterocycles. The first-order chi connectivity index (χ1) is 13.1. The van der Waals surface area contributed by atoms with E-state index in [2.05, 4.69) is 25.8 Å². The molecule has 27 heavy (non-hydrogen) atoms. The van der Waals surface area contributed by atoms with Crippen molar-refractivity contribution in [3.8, 4) is 11.3 Å². The molecule has 0 radical (unpaired) electrons. The van der Waals surface area contributed by atoms with E-state index >= 15 is 0 Å². The number of amides is 1. The molecule has 0 aliphatic rings. The second-order valence-corrected chi connectivity index (χ2v) is 6.12. The lowest BCUT2D eigenvalue weighted by Crippen LogP contribution is -2.30. The van der Waals surface area contributed by atoms with Crippen molar-refractivity contribution in [2.45, 2.75) is 6.54 Å². The largest absolute Gasteiger partial charge is 0.465 e. The van der Waals surface area contributed by atoms with Crippen molar-refractivity contribution in [3.63, 3.8) is 0 Å². The first-order valence-electron chi connectivity index (χ1n) is 8.47. The fraction of sp³-hybridized carbons (Fsp3) is 0.167. The zero-order valence-electron chi connectivity index (χ0n) is 14.3. The molecule has 0 fully saturated rings. The molecular weight excluding hydrogens is 348 g/mol. The summed E-state index contributed by atoms with van der Waals surface area (Å²) in [5.41, 5.74) is 3.92. The molecule has 4 aromatic rings. The molecule has 0 atom stereocenters. The minimum atomic E-state index is -1.04. The molecule has 3 heterocycles. The van der Waals surface area contributed by atoms with E-state index in [1.54, 1.807) is 4.40 Å². The van der Waals surface area contributed by atoms with E-state index in [4.69, 9.17) is 5.11 Å². The lowest BCUT2D eigenvalue weighted by molar-refractivity contribution is 0.194. The fourth-order valence-corrected chi connectivity index (χ4v) is 3.17. The van der Waals surface area contributed by atoms with Crippen LogP contribution in [0.3, 0.4) is 0 Å². The van der Waals surface area contributed by atoms with Crippen LogP contribution < -0.4 is 16.3 Å². The van der Waals surface area contributed by atoms with Gasteiger partial charge >= 0.3 is 11.8 Å². The van der Waals surface area contributed by atoms with Gasteiger partial charge in [-0.25, -0.2) is 19.1 Å². The van der Waals surface area contributed by atoms with Crippen LogP contribution in [0.1, 0.15) is 5.56 Å². The summed E-state index contributed by atoms with van der Waals surface area (Å²) in [5.74, 6) is 0. The number of aromatic nitrogens is 4. The maximum Gasteiger partial charge on any atom is 0.404 e. The van der Waals surface area contributed by atoms with Crippen molar-refractivity contribution < 1.29 is 9.90 Å². The molecule has 138 valence electrons. The summed E-state index contributed by atoms with van der Waals surface area (Å²) in [6.07, 6.45) is 0.807. The van der Waals surface area contributed by atoms with Crippen LogP contribution in [0.15, 0.2) is 47.4 Å². The molecule has 0 saturated carbocycles. The Balaban J connectivity index is 1.73. The number of carboxylic acid groups (broad SMARTS) is 1. The van der Waals surface area contributed by atoms with E-state index in [9.17, 15) is 9.59 Å². The average Bonchev–Trinajstić information content (AvgIpc) is 3.31. The molecule has 4 rings (SSSR count). The van der Waals surface area contributed by atoms with Gasteiger partial charge in [0.1, 0.15) is 0 Å². The SMILES string of the molecule is O=C(O)NCCNCc1cc2n[nH]c(=O)n2c2cc(-c3ccc[nH]3)ccc12. The van der Waals surface area contributed by atoms with Gasteiger partial charge < -0.3 is 20.7 Å². The highest BCUT2D eigenvalue weighted by atomic mass is 16.4. The Morgan fingerprint density at radius 2 is 2.11 bits per heavy atom. The molecular formula is C18H18N6O3. The minimum Gasteiger partial charge on any atom is -0.465 e. The Hall–Kier alpha value is -3.59. The van der Waals surface area contributed by atoms with Crippen LogP contribution in [0, 0.1) is 0 Å². The Morgan fingerprint density at radius 3 is 2.89 bits per heavy atom. The predicted molar refractivity (Wildman–Crippen MR) is 101 cm³/mol. The van der Waals surface area contributed by atoms with Crippen molar-refractivity contribution in [1.29, 1.82) is 0 Å². The topological polar surface area (TPSA) is 127 Å². The number of fused-ring (bicyclic) bond motifs is 3. The van der Waals surface area contributed by atoms with Gasteiger partial charge in [-0.05, 0) is 29.8 Å². The van der Waals surface area contributed by atoms with E-state index in [-0.39, 0.29) is 5.69 Å². The van der Waals surface area contributed by atoms with Gasteiger partial charge in [0.15, 0.2) is 5.65 Å². The van der Waals surface area contributed by atoms with E-state index in [0.717, 1.165) is 27.7 Å². The van der Waals surface area contributed by atoms with Crippen molar-refractivity contribution in [2.75, 3.05) is 13.1 Å². The number of aromatic amines is 2. The van der Waals surface area contributed by atoms with Gasteiger partial charge in [0.2, 0.25) is 0 Å². The van der Waals surface area contributed by atoms with Gasteiger partial charge in [-0.1, -0.05) is 12.1 Å². The van der Waals surface area contributed by atoms with Gasteiger partial charge in [0.25, 0.3) is 0 Å². The summed E-state index contributed by atoms with van der Waals surface area (Å²) in [4.78, 5) is 25.9. The highest BCUT2D eigenvalue weighted by Crippen LogP contribution is 2.26. The summed E-state index contributed by atoms with van der Waals surface area (Å²) in [7, 11) is 0. The number of pyridine rings is 1. The maximum absolute atomic E-state index is 12.2. The molecule has 0 aliphatic carbocycles. The Bertz CT molecular complexity index is 1160. The third kappa shape index (κ3) is 3.27. The number of rotatable bonds is 6. The lowest BCUT2D eigenvalue weighted by Gasteiger charge is -2.11. The Morgan fingerprint density at radius 1 is 1.22 bits per heavy atom. The van der Waals surface area contributed by atoms with Crippen molar-refractivity contribution in [3.05, 3.63) is 58.6 Å². The average molecular weight is 366 g/mol. The highest BCUT2D eigenvalue weighted by molar-refractivity contribution is 5.89. The first-order valence-corrected chi connectivity index (χ1v) is 8.47. The van der Waals surface area contributed by atoms with Gasteiger partial charge in [0.05, 0.1) is 5.52 Å². The van der Waals surface area contributed by atoms with Crippen LogP contribution in [0.25, 0.3) is 27.8 Å². The van der Waals surface area contributed by atoms with E-state index in [1.807, 2.05) is 42.6 Å². The molecule has 3 aromatic heterocycles. The molecule has 0 aliphatic heterocycles. The number of hydrogen-bond acceptors (Lipinski definition) is 4. The number of carbonyl (C=O) groups is 1. The highest BCUT2D eigenvalue weighted by Gasteiger charge is 2.12. The van der Waals surface area contributed by atoms with Crippen molar-refractivity contribution >= 4 is 22.6 Å². The number of nitrogens with one attached hydrogen (secondary N) is 4. The first kappa shape index (κ1) is 16.9. The maximum atomic E-state index is 12.2. The van der Waals surface area contributed by atoms with Gasteiger partial charge in [0, 0.05) is 42.5 Å². The number of H-pyrrole nitrogens is 2. The predicted octanol–water partition coefficient (Wildman–Crippen LogP) is 1.53. The van der Waals surface area contributed by atoms with E-state index in [0.29, 0.717) is 25.3 Å². The van der Waals surface area contributed by atoms with Gasteiger partial charge in [-0.2, -0.15) is 5.10 Å². The summed E-state index contributed by atoms with van der Waals surface area (Å²) >= 11 is 0. The lowest BCUT2D eigenvalue weighted by atomic mass is 10.0. The second-order valence-electron chi connectivity index (χ2n) is 6.12. The summed E-state index contributed by atoms with van der Waals surface area (Å²) in [6.45, 7) is 1.33. The Kier molecular flexibility index (Phi) is 4.35. The number of nitrogens with zero attached hydrogens (tertiary/aromatic N) is 2. The molecule has 1 aromatic carbocycles. The zero-order chi connectivity index (χ0) is 18.8. The van der Waals surface area contributed by atoms with Crippen LogP contribution in [-0.4, -0.2) is 43.9 Å². The van der Waals surface area contributed by atoms with Gasteiger partial charge in [-0.15, -0.1) is 0 Å². The molecule has 0 bridgehead atoms. The fourth-order valence-electron chi connectivity index (χ4n) is 3.17. The minimum absolute atomic E-state index is 0.288. The van der Waals surface area contributed by atoms with E-state index in [1.165, 1.54) is 0 Å². The monoisotopic (exact) mass is 366 g/mol. The standard InChI is InChI=1S/C18H18N6O3/c25-17-23-22-16-9-12(10-19-6-7-21-18(26)27)13-4-3-11(8-15(13)24(16)17)14-2-1-5-20-14/h1-5,8-9,19-21H,6-7,10H2,(H,23,25)(H,26,27). The summed E-state index contributed by atoms with van der Waals surface area (Å²) in [6, 6.07) is 11.7. The summed E-state index contributed by atoms with van der Waals surface area (Å²) < 4.78 is 1.55. The Labute approximate surface area is 153 Å². The third-order valence-corrected chi connectivity index (χ3v) is 4.39. The summed E-state index contributed by atoms with van der Waals surface area (Å²) in [5, 5.41) is 21.6. The normalized spacial score (nSPS) is 11.3. The molecule has 9 heteroatoms. The smallest absolute Gasteiger partial charge is 0.404 e. The molecule has 1 amide bonds. The van der Waals surface area contributed by atoms with Crippen molar-refractivity contribution in [1.82, 2.24) is 30.2 Å². The van der Waals surface area contributed by atoms with Crippen LogP contribution in [0.4, 0.5) is 4.79 Å². The second kappa shape index (κ2) is 6.96. The third-order valence-electron chi connectivity index (χ3n) is 4.39. The van der Waals surface area contributed by atoms with E-state index < -0.39 is 6.09 Å². The van der Waals surface area contributed by atoms with Crippen LogP contribution in [-0.2, 0) is 6.54 Å². The van der Waals surface area contributed by atoms with Crippen molar-refractivity contribution in [2.24, 2.45) is 0 Å². The van der Waals surface area contributed by atoms with Gasteiger partial charge in [-0.3, -0.25) is 0 Å². The van der Waals surface area contributed by atoms with Crippen LogP contribution in [0.2, 0.25) is 0 Å². The molecule has 5 N–H and O–H groups in total. The number of benzene rings is 1. The number of hydrogen-bond donors (Lipinski definition) is 5. The quantitative estimate of drug-likeness (QED) is 0.331. The molecule has 0 unspecified atom stereocenters. The zero-order valence-corrected chi connectivity index (χ0v) is 14.3.